The van der Waals surface area contributed by atoms with E-state index >= 15 is 0 Å². The molecule has 2 rings (SSSR count). The average molecular weight is 297 g/mol. The molecular formula is C14H21BrN2. The van der Waals surface area contributed by atoms with Crippen molar-refractivity contribution in [3.05, 3.63) is 28.2 Å². The molecule has 94 valence electrons. The zero-order valence-electron chi connectivity index (χ0n) is 10.5. The summed E-state index contributed by atoms with van der Waals surface area (Å²) in [6.45, 7) is 0.710. The van der Waals surface area contributed by atoms with Crippen LogP contribution in [0.4, 0.5) is 5.69 Å². The third-order valence-electron chi connectivity index (χ3n) is 3.71. The van der Waals surface area contributed by atoms with Crippen molar-refractivity contribution in [1.82, 2.24) is 0 Å². The molecule has 1 aliphatic carbocycles. The number of hydrogen-bond donors (Lipinski definition) is 1. The Labute approximate surface area is 112 Å². The third-order valence-corrected chi connectivity index (χ3v) is 4.20. The number of rotatable bonds is 4. The molecule has 2 nitrogen and oxygen atoms in total. The van der Waals surface area contributed by atoms with Gasteiger partial charge in [-0.2, -0.15) is 0 Å². The molecule has 0 aliphatic heterocycles. The van der Waals surface area contributed by atoms with E-state index in [2.05, 4.69) is 46.1 Å². The van der Waals surface area contributed by atoms with Gasteiger partial charge < -0.3 is 10.6 Å². The van der Waals surface area contributed by atoms with Gasteiger partial charge in [0.2, 0.25) is 0 Å². The van der Waals surface area contributed by atoms with Gasteiger partial charge in [0, 0.05) is 23.2 Å². The van der Waals surface area contributed by atoms with E-state index in [9.17, 15) is 0 Å². The van der Waals surface area contributed by atoms with Gasteiger partial charge in [-0.15, -0.1) is 0 Å². The Hall–Kier alpha value is -0.540. The van der Waals surface area contributed by atoms with E-state index in [0.29, 0.717) is 12.6 Å². The highest BCUT2D eigenvalue weighted by molar-refractivity contribution is 9.10. The van der Waals surface area contributed by atoms with Gasteiger partial charge in [0.1, 0.15) is 0 Å². The average Bonchev–Trinajstić information content (AvgIpc) is 2.82. The lowest BCUT2D eigenvalue weighted by Gasteiger charge is -2.29. The fraction of sp³-hybridized carbons (Fsp3) is 0.571. The number of halogens is 1. The predicted octanol–water partition coefficient (Wildman–Crippen LogP) is 3.33. The van der Waals surface area contributed by atoms with Gasteiger partial charge in [-0.3, -0.25) is 0 Å². The number of nitrogens with zero attached hydrogens (tertiary/aromatic N) is 1. The van der Waals surface area contributed by atoms with Crippen LogP contribution in [-0.4, -0.2) is 19.6 Å². The van der Waals surface area contributed by atoms with Gasteiger partial charge in [-0.1, -0.05) is 28.8 Å². The molecule has 1 aliphatic rings. The zero-order chi connectivity index (χ0) is 12.3. The quantitative estimate of drug-likeness (QED) is 0.923. The van der Waals surface area contributed by atoms with E-state index in [4.69, 9.17) is 5.73 Å². The van der Waals surface area contributed by atoms with Crippen molar-refractivity contribution in [2.45, 2.75) is 38.1 Å². The minimum atomic E-state index is 0.710. The Morgan fingerprint density at radius 2 is 2.06 bits per heavy atom. The molecule has 0 bridgehead atoms. The van der Waals surface area contributed by atoms with E-state index < -0.39 is 0 Å². The summed E-state index contributed by atoms with van der Waals surface area (Å²) in [5.41, 5.74) is 8.41. The molecule has 0 heterocycles. The molecule has 0 unspecified atom stereocenters. The minimum absolute atomic E-state index is 0.710. The SMILES string of the molecule is CN(c1ccc(Br)cc1CCN)C1CCCC1. The van der Waals surface area contributed by atoms with Gasteiger partial charge in [-0.05, 0) is 49.6 Å². The second-order valence-corrected chi connectivity index (χ2v) is 5.78. The molecule has 3 heteroatoms. The van der Waals surface area contributed by atoms with E-state index in [1.807, 2.05) is 0 Å². The lowest BCUT2D eigenvalue weighted by molar-refractivity contribution is 0.650. The van der Waals surface area contributed by atoms with Crippen LogP contribution in [0, 0.1) is 0 Å². The maximum Gasteiger partial charge on any atom is 0.0399 e. The lowest BCUT2D eigenvalue weighted by atomic mass is 10.1. The molecule has 1 saturated carbocycles. The maximum absolute atomic E-state index is 5.70. The Morgan fingerprint density at radius 1 is 1.35 bits per heavy atom. The number of nitrogens with two attached hydrogens (primary N) is 1. The second-order valence-electron chi connectivity index (χ2n) is 4.86. The molecule has 0 aromatic heterocycles. The van der Waals surface area contributed by atoms with Gasteiger partial charge >= 0.3 is 0 Å². The monoisotopic (exact) mass is 296 g/mol. The molecule has 0 spiro atoms. The van der Waals surface area contributed by atoms with E-state index in [1.165, 1.54) is 36.9 Å². The van der Waals surface area contributed by atoms with Crippen molar-refractivity contribution < 1.29 is 0 Å². The minimum Gasteiger partial charge on any atom is -0.371 e. The van der Waals surface area contributed by atoms with Crippen molar-refractivity contribution in [1.29, 1.82) is 0 Å². The molecule has 0 atom stereocenters. The molecule has 0 radical (unpaired) electrons. The van der Waals surface area contributed by atoms with Crippen molar-refractivity contribution in [3.63, 3.8) is 0 Å². The Bertz CT molecular complexity index is 372. The van der Waals surface area contributed by atoms with Crippen LogP contribution in [0.15, 0.2) is 22.7 Å². The summed E-state index contributed by atoms with van der Waals surface area (Å²) in [6.07, 6.45) is 6.35. The summed E-state index contributed by atoms with van der Waals surface area (Å²) in [4.78, 5) is 2.45. The summed E-state index contributed by atoms with van der Waals surface area (Å²) < 4.78 is 1.14. The summed E-state index contributed by atoms with van der Waals surface area (Å²) in [6, 6.07) is 7.26. The number of hydrogen-bond acceptors (Lipinski definition) is 2. The first-order valence-electron chi connectivity index (χ1n) is 6.43. The van der Waals surface area contributed by atoms with Crippen molar-refractivity contribution in [2.75, 3.05) is 18.5 Å². The van der Waals surface area contributed by atoms with Crippen molar-refractivity contribution in [2.24, 2.45) is 5.73 Å². The van der Waals surface area contributed by atoms with Crippen molar-refractivity contribution >= 4 is 21.6 Å². The molecular weight excluding hydrogens is 276 g/mol. The van der Waals surface area contributed by atoms with Crippen LogP contribution in [0.2, 0.25) is 0 Å². The summed E-state index contributed by atoms with van der Waals surface area (Å²) in [5.74, 6) is 0. The molecule has 1 fully saturated rings. The zero-order valence-corrected chi connectivity index (χ0v) is 12.0. The standard InChI is InChI=1S/C14H21BrN2/c1-17(13-4-2-3-5-13)14-7-6-12(15)10-11(14)8-9-16/h6-7,10,13H,2-5,8-9,16H2,1H3. The first kappa shape index (κ1) is 12.9. The highest BCUT2D eigenvalue weighted by atomic mass is 79.9. The Morgan fingerprint density at radius 3 is 2.71 bits per heavy atom. The lowest BCUT2D eigenvalue weighted by Crippen LogP contribution is -2.29. The van der Waals surface area contributed by atoms with Crippen LogP contribution < -0.4 is 10.6 Å². The number of benzene rings is 1. The fourth-order valence-electron chi connectivity index (χ4n) is 2.74. The Kier molecular flexibility index (Phi) is 4.46. The van der Waals surface area contributed by atoms with E-state index in [0.717, 1.165) is 10.9 Å². The summed E-state index contributed by atoms with van der Waals surface area (Å²) in [7, 11) is 2.22. The molecule has 0 saturated heterocycles. The summed E-state index contributed by atoms with van der Waals surface area (Å²) >= 11 is 3.54. The maximum atomic E-state index is 5.70. The van der Waals surface area contributed by atoms with Crippen LogP contribution in [0.1, 0.15) is 31.2 Å². The highest BCUT2D eigenvalue weighted by Gasteiger charge is 2.21. The van der Waals surface area contributed by atoms with Gasteiger partial charge in [0.25, 0.3) is 0 Å². The molecule has 1 aromatic carbocycles. The normalized spacial score (nSPS) is 16.4. The van der Waals surface area contributed by atoms with Crippen molar-refractivity contribution in [3.8, 4) is 0 Å². The molecule has 1 aromatic rings. The van der Waals surface area contributed by atoms with Gasteiger partial charge in [0.05, 0.1) is 0 Å². The van der Waals surface area contributed by atoms with Gasteiger partial charge in [-0.25, -0.2) is 0 Å². The largest absolute Gasteiger partial charge is 0.371 e. The summed E-state index contributed by atoms with van der Waals surface area (Å²) in [5, 5.41) is 0. The van der Waals surface area contributed by atoms with Crippen LogP contribution >= 0.6 is 15.9 Å². The van der Waals surface area contributed by atoms with E-state index in [-0.39, 0.29) is 0 Å². The smallest absolute Gasteiger partial charge is 0.0399 e. The van der Waals surface area contributed by atoms with Crippen LogP contribution in [0.3, 0.4) is 0 Å². The Balaban J connectivity index is 2.23. The topological polar surface area (TPSA) is 29.3 Å². The van der Waals surface area contributed by atoms with Crippen LogP contribution in [0.5, 0.6) is 0 Å². The fourth-order valence-corrected chi connectivity index (χ4v) is 3.15. The number of anilines is 1. The molecule has 0 amide bonds. The van der Waals surface area contributed by atoms with E-state index in [1.54, 1.807) is 0 Å². The highest BCUT2D eigenvalue weighted by Crippen LogP contribution is 2.30. The van der Waals surface area contributed by atoms with Gasteiger partial charge in [0.15, 0.2) is 0 Å². The predicted molar refractivity (Wildman–Crippen MR) is 77.6 cm³/mol. The molecule has 17 heavy (non-hydrogen) atoms. The third kappa shape index (κ3) is 3.02. The van der Waals surface area contributed by atoms with Crippen LogP contribution in [0.25, 0.3) is 0 Å². The molecule has 2 N–H and O–H groups in total. The second kappa shape index (κ2) is 5.87. The first-order valence-corrected chi connectivity index (χ1v) is 7.23. The van der Waals surface area contributed by atoms with Crippen LogP contribution in [-0.2, 0) is 6.42 Å². The first-order chi connectivity index (χ1) is 8.22.